The van der Waals surface area contributed by atoms with E-state index in [-0.39, 0.29) is 28.9 Å². The third-order valence-electron chi connectivity index (χ3n) is 4.89. The second-order valence-corrected chi connectivity index (χ2v) is 10.5. The van der Waals surface area contributed by atoms with Crippen LogP contribution in [0.25, 0.3) is 0 Å². The number of hydrogen-bond acceptors (Lipinski definition) is 4. The van der Waals surface area contributed by atoms with Gasteiger partial charge in [-0.25, -0.2) is 13.1 Å². The molecule has 1 aromatic carbocycles. The largest absolute Gasteiger partial charge is 0.378 e. The highest BCUT2D eigenvalue weighted by Crippen LogP contribution is 2.20. The fraction of sp³-hybridized carbons (Fsp3) is 0.682. The van der Waals surface area contributed by atoms with Crippen LogP contribution in [0.2, 0.25) is 0 Å². The minimum absolute atomic E-state index is 0. The van der Waals surface area contributed by atoms with E-state index in [1.165, 1.54) is 32.1 Å². The smallest absolute Gasteiger partial charge is 0.241 e. The first kappa shape index (κ1) is 28.1. The van der Waals surface area contributed by atoms with Gasteiger partial charge in [0.15, 0.2) is 5.96 Å². The van der Waals surface area contributed by atoms with E-state index >= 15 is 0 Å². The third kappa shape index (κ3) is 10.5. The molecule has 0 amide bonds. The Kier molecular flexibility index (Phi) is 12.3. The molecule has 0 radical (unpaired) electrons. The number of benzene rings is 1. The van der Waals surface area contributed by atoms with Crippen molar-refractivity contribution in [3.63, 3.8) is 0 Å². The van der Waals surface area contributed by atoms with Crippen molar-refractivity contribution < 1.29 is 13.2 Å². The maximum Gasteiger partial charge on any atom is 0.241 e. The van der Waals surface area contributed by atoms with Crippen LogP contribution >= 0.6 is 24.0 Å². The van der Waals surface area contributed by atoms with Crippen LogP contribution in [-0.2, 0) is 21.3 Å². The molecule has 178 valence electrons. The highest BCUT2D eigenvalue weighted by Gasteiger charge is 2.24. The third-order valence-corrected chi connectivity index (χ3v) is 6.75. The second-order valence-electron chi connectivity index (χ2n) is 8.80. The predicted molar refractivity (Wildman–Crippen MR) is 138 cm³/mol. The second kappa shape index (κ2) is 13.6. The summed E-state index contributed by atoms with van der Waals surface area (Å²) in [5.74, 6) is 0.642. The molecule has 1 saturated carbocycles. The van der Waals surface area contributed by atoms with Crippen LogP contribution < -0.4 is 15.4 Å². The van der Waals surface area contributed by atoms with E-state index in [2.05, 4.69) is 20.3 Å². The lowest BCUT2D eigenvalue weighted by Crippen LogP contribution is -2.41. The van der Waals surface area contributed by atoms with Crippen LogP contribution in [0.15, 0.2) is 34.2 Å². The zero-order valence-electron chi connectivity index (χ0n) is 19.2. The summed E-state index contributed by atoms with van der Waals surface area (Å²) in [4.78, 5) is 4.51. The molecule has 0 bridgehead atoms. The first-order valence-corrected chi connectivity index (χ1v) is 12.4. The molecule has 1 fully saturated rings. The van der Waals surface area contributed by atoms with Crippen LogP contribution in [0.1, 0.15) is 64.9 Å². The van der Waals surface area contributed by atoms with Gasteiger partial charge < -0.3 is 15.4 Å². The van der Waals surface area contributed by atoms with Gasteiger partial charge in [0.1, 0.15) is 0 Å². The summed E-state index contributed by atoms with van der Waals surface area (Å²) in [6.07, 6.45) is 7.59. The quantitative estimate of drug-likeness (QED) is 0.183. The van der Waals surface area contributed by atoms with Crippen molar-refractivity contribution in [3.05, 3.63) is 29.8 Å². The van der Waals surface area contributed by atoms with Gasteiger partial charge in [-0.05, 0) is 51.7 Å². The Labute approximate surface area is 205 Å². The van der Waals surface area contributed by atoms with Crippen LogP contribution in [0.5, 0.6) is 0 Å². The molecule has 0 unspecified atom stereocenters. The maximum absolute atomic E-state index is 12.8. The number of hydrogen-bond donors (Lipinski definition) is 3. The number of halogens is 1. The number of ether oxygens (including phenoxy) is 1. The van der Waals surface area contributed by atoms with Crippen LogP contribution in [-0.4, -0.2) is 46.2 Å². The molecule has 7 nitrogen and oxygen atoms in total. The summed E-state index contributed by atoms with van der Waals surface area (Å²) < 4.78 is 34.2. The van der Waals surface area contributed by atoms with E-state index < -0.39 is 15.6 Å². The van der Waals surface area contributed by atoms with E-state index in [0.717, 1.165) is 19.6 Å². The predicted octanol–water partition coefficient (Wildman–Crippen LogP) is 3.79. The van der Waals surface area contributed by atoms with Crippen LogP contribution in [0, 0.1) is 0 Å². The lowest BCUT2D eigenvalue weighted by atomic mass is 9.98. The van der Waals surface area contributed by atoms with Crippen LogP contribution in [0.4, 0.5) is 0 Å². The number of aliphatic imine (C=N–C) groups is 1. The average molecular weight is 567 g/mol. The van der Waals surface area contributed by atoms with Gasteiger partial charge in [0.2, 0.25) is 10.0 Å². The topological polar surface area (TPSA) is 91.8 Å². The molecule has 0 saturated heterocycles. The van der Waals surface area contributed by atoms with Gasteiger partial charge in [0.25, 0.3) is 0 Å². The summed E-state index contributed by atoms with van der Waals surface area (Å²) in [6.45, 7) is 7.34. The van der Waals surface area contributed by atoms with Gasteiger partial charge in [-0.15, -0.1) is 24.0 Å². The fourth-order valence-electron chi connectivity index (χ4n) is 3.53. The van der Waals surface area contributed by atoms with Crippen molar-refractivity contribution in [1.29, 1.82) is 0 Å². The molecule has 9 heteroatoms. The molecule has 0 aromatic heterocycles. The molecule has 0 atom stereocenters. The molecule has 0 spiro atoms. The minimum Gasteiger partial charge on any atom is -0.378 e. The van der Waals surface area contributed by atoms with Crippen molar-refractivity contribution in [1.82, 2.24) is 15.4 Å². The summed E-state index contributed by atoms with van der Waals surface area (Å²) in [7, 11) is -1.90. The van der Waals surface area contributed by atoms with Crippen molar-refractivity contribution in [2.75, 3.05) is 20.2 Å². The lowest BCUT2D eigenvalue weighted by Gasteiger charge is -2.22. The van der Waals surface area contributed by atoms with E-state index in [1.807, 2.05) is 32.9 Å². The molecular formula is C22H39IN4O3S. The summed E-state index contributed by atoms with van der Waals surface area (Å²) in [5.41, 5.74) is 0.147. The summed E-state index contributed by atoms with van der Waals surface area (Å²) >= 11 is 0. The van der Waals surface area contributed by atoms with Gasteiger partial charge in [0, 0.05) is 32.3 Å². The molecule has 1 aliphatic rings. The van der Waals surface area contributed by atoms with Gasteiger partial charge >= 0.3 is 0 Å². The molecule has 0 heterocycles. The normalized spacial score (nSPS) is 15.9. The number of nitrogens with zero attached hydrogens (tertiary/aromatic N) is 1. The Morgan fingerprint density at radius 1 is 1.13 bits per heavy atom. The molecule has 31 heavy (non-hydrogen) atoms. The first-order valence-electron chi connectivity index (χ1n) is 10.9. The SMILES string of the molecule is CN=C(NCCCOC1CCCCC1)NCc1ccccc1S(=O)(=O)NC(C)(C)C.I. The Hall–Kier alpha value is -0.910. The van der Waals surface area contributed by atoms with Gasteiger partial charge in [-0.2, -0.15) is 0 Å². The molecule has 2 rings (SSSR count). The zero-order chi connectivity index (χ0) is 22.0. The Morgan fingerprint density at radius 2 is 1.81 bits per heavy atom. The lowest BCUT2D eigenvalue weighted by molar-refractivity contribution is 0.0277. The molecular weight excluding hydrogens is 527 g/mol. The zero-order valence-corrected chi connectivity index (χ0v) is 22.4. The highest BCUT2D eigenvalue weighted by molar-refractivity contribution is 14.0. The van der Waals surface area contributed by atoms with Gasteiger partial charge in [-0.3, -0.25) is 4.99 Å². The van der Waals surface area contributed by atoms with Gasteiger partial charge in [0.05, 0.1) is 11.0 Å². The number of rotatable bonds is 9. The van der Waals surface area contributed by atoms with Crippen LogP contribution in [0.3, 0.4) is 0 Å². The van der Waals surface area contributed by atoms with Gasteiger partial charge in [-0.1, -0.05) is 37.5 Å². The van der Waals surface area contributed by atoms with Crippen molar-refractivity contribution >= 4 is 40.0 Å². The maximum atomic E-state index is 12.8. The molecule has 0 aliphatic heterocycles. The van der Waals surface area contributed by atoms with Crippen molar-refractivity contribution in [2.24, 2.45) is 4.99 Å². The first-order chi connectivity index (χ1) is 14.2. The highest BCUT2D eigenvalue weighted by atomic mass is 127. The van der Waals surface area contributed by atoms with Crippen molar-refractivity contribution in [3.8, 4) is 0 Å². The number of nitrogens with one attached hydrogen (secondary N) is 3. The fourth-order valence-corrected chi connectivity index (χ4v) is 5.19. The van der Waals surface area contributed by atoms with Crippen molar-refractivity contribution in [2.45, 2.75) is 82.4 Å². The van der Waals surface area contributed by atoms with E-state index in [1.54, 1.807) is 19.2 Å². The average Bonchev–Trinajstić information content (AvgIpc) is 2.69. The molecule has 1 aliphatic carbocycles. The number of guanidine groups is 1. The summed E-state index contributed by atoms with van der Waals surface area (Å²) in [6, 6.07) is 7.02. The van der Waals surface area contributed by atoms with E-state index in [0.29, 0.717) is 24.2 Å². The summed E-state index contributed by atoms with van der Waals surface area (Å²) in [5, 5.41) is 6.47. The Morgan fingerprint density at radius 3 is 2.45 bits per heavy atom. The monoisotopic (exact) mass is 566 g/mol. The number of sulfonamides is 1. The van der Waals surface area contributed by atoms with E-state index in [9.17, 15) is 8.42 Å². The molecule has 1 aromatic rings. The molecule has 3 N–H and O–H groups in total. The Bertz CT molecular complexity index is 788. The van der Waals surface area contributed by atoms with E-state index in [4.69, 9.17) is 4.74 Å². The Balaban J connectivity index is 0.00000480. The standard InChI is InChI=1S/C22H38N4O3S.HI/c1-22(2,3)26-30(27,28)20-14-9-8-11-18(20)17-25-21(23-4)24-15-10-16-29-19-12-6-5-7-13-19;/h8-9,11,14,19,26H,5-7,10,12-13,15-17H2,1-4H3,(H2,23,24,25);1H. The minimum atomic E-state index is -3.61.